The van der Waals surface area contributed by atoms with Crippen molar-refractivity contribution in [2.75, 3.05) is 11.5 Å². The highest BCUT2D eigenvalue weighted by Crippen LogP contribution is 2.27. The van der Waals surface area contributed by atoms with Crippen molar-refractivity contribution in [2.24, 2.45) is 0 Å². The van der Waals surface area contributed by atoms with Crippen LogP contribution in [0.4, 0.5) is 11.8 Å². The number of ether oxygens (including phenoxy) is 1. The number of halogens is 1. The van der Waals surface area contributed by atoms with Gasteiger partial charge in [-0.2, -0.15) is 9.97 Å². The minimum absolute atomic E-state index is 0.0877. The monoisotopic (exact) mass is 330 g/mol. The van der Waals surface area contributed by atoms with Gasteiger partial charge in [-0.1, -0.05) is 28.1 Å². The van der Waals surface area contributed by atoms with Gasteiger partial charge in [0.25, 0.3) is 0 Å². The predicted molar refractivity (Wildman–Crippen MR) is 82.6 cm³/mol. The average Bonchev–Trinajstić information content (AvgIpc) is 2.38. The summed E-state index contributed by atoms with van der Waals surface area (Å²) in [4.78, 5) is 7.78. The Bertz CT molecular complexity index is 771. The molecule has 20 heavy (non-hydrogen) atoms. The molecule has 4 N–H and O–H groups in total. The zero-order valence-corrected chi connectivity index (χ0v) is 12.0. The lowest BCUT2D eigenvalue weighted by atomic mass is 10.1. The second-order valence-electron chi connectivity index (χ2n) is 4.24. The minimum Gasteiger partial charge on any atom is -0.439 e. The lowest BCUT2D eigenvalue weighted by Gasteiger charge is -2.07. The molecule has 0 fully saturated rings. The van der Waals surface area contributed by atoms with E-state index in [-0.39, 0.29) is 11.8 Å². The topological polar surface area (TPSA) is 87.0 Å². The SMILES string of the molecule is Nc1cc(Oc2ccc3cc(Br)ccc3c2)nc(N)n1. The molecular weight excluding hydrogens is 320 g/mol. The van der Waals surface area contributed by atoms with E-state index in [4.69, 9.17) is 16.2 Å². The normalized spacial score (nSPS) is 10.7. The molecule has 6 heteroatoms. The van der Waals surface area contributed by atoms with Crippen LogP contribution in [-0.2, 0) is 0 Å². The molecule has 0 atom stereocenters. The van der Waals surface area contributed by atoms with E-state index in [1.165, 1.54) is 6.07 Å². The van der Waals surface area contributed by atoms with Gasteiger partial charge in [-0.15, -0.1) is 0 Å². The molecule has 0 aliphatic heterocycles. The number of benzene rings is 2. The third-order valence-corrected chi connectivity index (χ3v) is 3.23. The second-order valence-corrected chi connectivity index (χ2v) is 5.16. The Labute approximate surface area is 123 Å². The Balaban J connectivity index is 1.96. The van der Waals surface area contributed by atoms with Crippen LogP contribution >= 0.6 is 15.9 Å². The average molecular weight is 331 g/mol. The Morgan fingerprint density at radius 2 is 1.65 bits per heavy atom. The van der Waals surface area contributed by atoms with Crippen LogP contribution in [-0.4, -0.2) is 9.97 Å². The van der Waals surface area contributed by atoms with E-state index in [2.05, 4.69) is 25.9 Å². The fourth-order valence-electron chi connectivity index (χ4n) is 1.89. The zero-order valence-electron chi connectivity index (χ0n) is 10.4. The van der Waals surface area contributed by atoms with E-state index in [0.29, 0.717) is 11.6 Å². The third-order valence-electron chi connectivity index (χ3n) is 2.74. The lowest BCUT2D eigenvalue weighted by Crippen LogP contribution is -2.00. The molecule has 0 spiro atoms. The molecule has 0 amide bonds. The highest BCUT2D eigenvalue weighted by atomic mass is 79.9. The predicted octanol–water partition coefficient (Wildman–Crippen LogP) is 3.35. The van der Waals surface area contributed by atoms with Crippen LogP contribution in [0.1, 0.15) is 0 Å². The number of fused-ring (bicyclic) bond motifs is 1. The van der Waals surface area contributed by atoms with E-state index < -0.39 is 0 Å². The van der Waals surface area contributed by atoms with Crippen molar-refractivity contribution in [3.63, 3.8) is 0 Å². The summed E-state index contributed by atoms with van der Waals surface area (Å²) in [7, 11) is 0. The van der Waals surface area contributed by atoms with Crippen molar-refractivity contribution in [3.8, 4) is 11.6 Å². The summed E-state index contributed by atoms with van der Waals surface area (Å²) >= 11 is 3.44. The van der Waals surface area contributed by atoms with E-state index in [1.807, 2.05) is 36.4 Å². The van der Waals surface area contributed by atoms with Crippen molar-refractivity contribution in [3.05, 3.63) is 46.9 Å². The molecule has 0 aliphatic carbocycles. The minimum atomic E-state index is 0.0877. The van der Waals surface area contributed by atoms with Gasteiger partial charge < -0.3 is 16.2 Å². The van der Waals surface area contributed by atoms with Crippen molar-refractivity contribution in [2.45, 2.75) is 0 Å². The molecule has 2 aromatic carbocycles. The number of anilines is 2. The van der Waals surface area contributed by atoms with E-state index in [0.717, 1.165) is 15.2 Å². The molecule has 3 rings (SSSR count). The van der Waals surface area contributed by atoms with Gasteiger partial charge in [0.15, 0.2) is 0 Å². The summed E-state index contributed by atoms with van der Waals surface area (Å²) in [5, 5.41) is 2.19. The first-order chi connectivity index (χ1) is 9.60. The van der Waals surface area contributed by atoms with Crippen LogP contribution in [0.2, 0.25) is 0 Å². The molecule has 1 aromatic heterocycles. The Kier molecular flexibility index (Phi) is 3.15. The van der Waals surface area contributed by atoms with Crippen molar-refractivity contribution >= 4 is 38.5 Å². The molecule has 3 aromatic rings. The molecule has 0 aliphatic rings. The summed E-state index contributed by atoms with van der Waals surface area (Å²) in [6, 6.07) is 13.3. The number of nitrogens with zero attached hydrogens (tertiary/aromatic N) is 2. The number of aromatic nitrogens is 2. The van der Waals surface area contributed by atoms with E-state index in [9.17, 15) is 0 Å². The first kappa shape index (κ1) is 12.7. The Hall–Kier alpha value is -2.34. The van der Waals surface area contributed by atoms with Crippen LogP contribution in [0, 0.1) is 0 Å². The largest absolute Gasteiger partial charge is 0.439 e. The first-order valence-electron chi connectivity index (χ1n) is 5.87. The maximum atomic E-state index is 5.66. The number of nitrogens with two attached hydrogens (primary N) is 2. The summed E-state index contributed by atoms with van der Waals surface area (Å²) in [6.45, 7) is 0. The van der Waals surface area contributed by atoms with Crippen LogP contribution in [0.15, 0.2) is 46.9 Å². The number of nitrogen functional groups attached to an aromatic ring is 2. The summed E-state index contributed by atoms with van der Waals surface area (Å²) in [5.41, 5.74) is 11.1. The van der Waals surface area contributed by atoms with Gasteiger partial charge in [-0.05, 0) is 35.0 Å². The molecular formula is C14H11BrN4O. The van der Waals surface area contributed by atoms with Crippen LogP contribution in [0.5, 0.6) is 11.6 Å². The highest BCUT2D eigenvalue weighted by Gasteiger charge is 2.04. The molecule has 5 nitrogen and oxygen atoms in total. The maximum Gasteiger partial charge on any atom is 0.226 e. The van der Waals surface area contributed by atoms with Crippen molar-refractivity contribution in [1.29, 1.82) is 0 Å². The van der Waals surface area contributed by atoms with E-state index in [1.54, 1.807) is 0 Å². The van der Waals surface area contributed by atoms with Gasteiger partial charge >= 0.3 is 0 Å². The maximum absolute atomic E-state index is 5.66. The quantitative estimate of drug-likeness (QED) is 0.752. The van der Waals surface area contributed by atoms with Crippen molar-refractivity contribution < 1.29 is 4.74 Å². The smallest absolute Gasteiger partial charge is 0.226 e. The molecule has 0 saturated heterocycles. The summed E-state index contributed by atoms with van der Waals surface area (Å²) < 4.78 is 6.69. The lowest BCUT2D eigenvalue weighted by molar-refractivity contribution is 0.464. The van der Waals surface area contributed by atoms with Crippen LogP contribution < -0.4 is 16.2 Å². The molecule has 0 radical (unpaired) electrons. The molecule has 0 unspecified atom stereocenters. The van der Waals surface area contributed by atoms with Crippen molar-refractivity contribution in [1.82, 2.24) is 9.97 Å². The molecule has 1 heterocycles. The second kappa shape index (κ2) is 4.97. The summed E-state index contributed by atoms with van der Waals surface area (Å²) in [6.07, 6.45) is 0. The van der Waals surface area contributed by atoms with E-state index >= 15 is 0 Å². The molecule has 100 valence electrons. The third kappa shape index (κ3) is 2.65. The van der Waals surface area contributed by atoms with Gasteiger partial charge in [0.05, 0.1) is 0 Å². The fraction of sp³-hybridized carbons (Fsp3) is 0. The van der Waals surface area contributed by atoms with Gasteiger partial charge in [-0.3, -0.25) is 0 Å². The fourth-order valence-corrected chi connectivity index (χ4v) is 2.27. The van der Waals surface area contributed by atoms with Gasteiger partial charge in [0, 0.05) is 10.5 Å². The number of hydrogen-bond donors (Lipinski definition) is 2. The van der Waals surface area contributed by atoms with Gasteiger partial charge in [0.2, 0.25) is 11.8 Å². The molecule has 0 bridgehead atoms. The van der Waals surface area contributed by atoms with Gasteiger partial charge in [0.1, 0.15) is 11.6 Å². The Morgan fingerprint density at radius 1 is 0.900 bits per heavy atom. The van der Waals surface area contributed by atoms with Crippen LogP contribution in [0.25, 0.3) is 10.8 Å². The zero-order chi connectivity index (χ0) is 14.1. The number of hydrogen-bond acceptors (Lipinski definition) is 5. The molecule has 0 saturated carbocycles. The Morgan fingerprint density at radius 3 is 2.45 bits per heavy atom. The standard InChI is InChI=1S/C14H11BrN4O/c15-10-3-1-9-6-11(4-2-8(9)5-10)20-13-7-12(16)18-14(17)19-13/h1-7H,(H4,16,17,18,19). The van der Waals surface area contributed by atoms with Crippen LogP contribution in [0.3, 0.4) is 0 Å². The summed E-state index contributed by atoms with van der Waals surface area (Å²) in [5.74, 6) is 1.35. The van der Waals surface area contributed by atoms with Gasteiger partial charge in [-0.25, -0.2) is 0 Å². The first-order valence-corrected chi connectivity index (χ1v) is 6.67. The number of rotatable bonds is 2. The highest BCUT2D eigenvalue weighted by molar-refractivity contribution is 9.10.